The minimum Gasteiger partial charge on any atom is -0.315 e. The Kier molecular flexibility index (Phi) is 2.99. The highest BCUT2D eigenvalue weighted by Crippen LogP contribution is 2.36. The van der Waals surface area contributed by atoms with E-state index in [0.29, 0.717) is 5.41 Å². The van der Waals surface area contributed by atoms with Crippen LogP contribution in [0.5, 0.6) is 0 Å². The second-order valence-corrected chi connectivity index (χ2v) is 7.44. The first-order valence-corrected chi connectivity index (χ1v) is 8.25. The molecule has 2 aliphatic rings. The molecule has 2 saturated heterocycles. The van der Waals surface area contributed by atoms with Crippen LogP contribution in [0.4, 0.5) is 0 Å². The molecule has 21 heavy (non-hydrogen) atoms. The molecule has 2 fully saturated rings. The van der Waals surface area contributed by atoms with Gasteiger partial charge in [-0.05, 0) is 0 Å². The third-order valence-corrected chi connectivity index (χ3v) is 5.81. The summed E-state index contributed by atoms with van der Waals surface area (Å²) < 4.78 is 16.4. The zero-order valence-corrected chi connectivity index (χ0v) is 12.8. The maximum atomic E-state index is 12.7. The second-order valence-electron chi connectivity index (χ2n) is 6.01. The first kappa shape index (κ1) is 13.2. The third-order valence-electron chi connectivity index (χ3n) is 4.34. The van der Waals surface area contributed by atoms with Gasteiger partial charge in [0, 0.05) is 50.3 Å². The summed E-state index contributed by atoms with van der Waals surface area (Å²) in [6.07, 6.45) is 0. The van der Waals surface area contributed by atoms with Crippen molar-refractivity contribution in [1.29, 1.82) is 0 Å². The molecule has 0 bridgehead atoms. The molecule has 1 spiro atoms. The number of hydrogen-bond donors (Lipinski definition) is 1. The lowest BCUT2D eigenvalue weighted by Crippen LogP contribution is -2.71. The van der Waals surface area contributed by atoms with Gasteiger partial charge in [-0.25, -0.2) is 8.51 Å². The second kappa shape index (κ2) is 4.76. The molecule has 0 amide bonds. The van der Waals surface area contributed by atoms with E-state index >= 15 is 0 Å². The average molecular weight is 302 g/mol. The maximum absolute atomic E-state index is 12.7. The number of benzene rings is 1. The van der Waals surface area contributed by atoms with Crippen LogP contribution >= 0.6 is 0 Å². The van der Waals surface area contributed by atoms with Gasteiger partial charge < -0.3 is 5.32 Å². The fourth-order valence-corrected chi connectivity index (χ4v) is 4.54. The lowest BCUT2D eigenvalue weighted by molar-refractivity contribution is 0.0197. The van der Waals surface area contributed by atoms with Crippen LogP contribution in [-0.4, -0.2) is 44.5 Å². The first-order valence-electron chi connectivity index (χ1n) is 7.14. The lowest BCUT2D eigenvalue weighted by atomic mass is 9.76. The zero-order chi connectivity index (χ0) is 14.4. The summed E-state index contributed by atoms with van der Waals surface area (Å²) in [7, 11) is 0.747. The molecule has 0 radical (unpaired) electrons. The molecule has 1 aromatic carbocycles. The van der Waals surface area contributed by atoms with Crippen LogP contribution in [-0.2, 0) is 18.0 Å². The van der Waals surface area contributed by atoms with Crippen molar-refractivity contribution in [3.63, 3.8) is 0 Å². The van der Waals surface area contributed by atoms with Gasteiger partial charge in [0.05, 0.1) is 5.69 Å². The fourth-order valence-electron chi connectivity index (χ4n) is 3.02. The lowest BCUT2D eigenvalue weighted by Gasteiger charge is -2.54. The molecule has 0 aliphatic carbocycles. The van der Waals surface area contributed by atoms with Crippen molar-refractivity contribution in [3.8, 4) is 11.3 Å². The molecule has 110 valence electrons. The summed E-state index contributed by atoms with van der Waals surface area (Å²) in [5.41, 5.74) is 2.32. The Balaban J connectivity index is 1.55. The Labute approximate surface area is 126 Å². The molecule has 0 saturated carbocycles. The van der Waals surface area contributed by atoms with Crippen LogP contribution < -0.4 is 5.32 Å². The SMILES string of the molecule is Cn1nc(-c2ccccc2)cc1S(=O)N1CC2(CNC2)C1. The van der Waals surface area contributed by atoms with E-state index in [1.165, 1.54) is 0 Å². The van der Waals surface area contributed by atoms with E-state index < -0.39 is 11.0 Å². The van der Waals surface area contributed by atoms with Crippen LogP contribution in [0.1, 0.15) is 0 Å². The van der Waals surface area contributed by atoms with Crippen LogP contribution in [0, 0.1) is 5.41 Å². The fraction of sp³-hybridized carbons (Fsp3) is 0.400. The average Bonchev–Trinajstić information content (AvgIpc) is 2.78. The number of nitrogens with one attached hydrogen (secondary N) is 1. The van der Waals surface area contributed by atoms with Crippen LogP contribution in [0.15, 0.2) is 41.4 Å². The standard InChI is InChI=1S/C15H18N4OS/c1-18-14(7-13(17-18)12-5-3-2-4-6-12)21(20)19-10-15(11-19)8-16-9-15/h2-7,16H,8-11H2,1H3. The van der Waals surface area contributed by atoms with Crippen molar-refractivity contribution in [2.75, 3.05) is 26.2 Å². The molecule has 1 atom stereocenters. The number of hydrogen-bond acceptors (Lipinski definition) is 3. The van der Waals surface area contributed by atoms with Gasteiger partial charge in [0.25, 0.3) is 0 Å². The Hall–Kier alpha value is -1.50. The van der Waals surface area contributed by atoms with Crippen LogP contribution in [0.3, 0.4) is 0 Å². The predicted octanol–water partition coefficient (Wildman–Crippen LogP) is 1.01. The highest BCUT2D eigenvalue weighted by atomic mass is 32.2. The minimum absolute atomic E-state index is 0.385. The Morgan fingerprint density at radius 3 is 2.57 bits per heavy atom. The first-order chi connectivity index (χ1) is 10.2. The minimum atomic E-state index is -1.11. The van der Waals surface area contributed by atoms with Crippen molar-refractivity contribution >= 4 is 11.0 Å². The Morgan fingerprint density at radius 1 is 1.24 bits per heavy atom. The van der Waals surface area contributed by atoms with Gasteiger partial charge in [-0.1, -0.05) is 30.3 Å². The van der Waals surface area contributed by atoms with E-state index in [-0.39, 0.29) is 0 Å². The normalized spacial score (nSPS) is 21.8. The molecular formula is C15H18N4OS. The van der Waals surface area contributed by atoms with Crippen molar-refractivity contribution in [1.82, 2.24) is 19.4 Å². The van der Waals surface area contributed by atoms with Crippen molar-refractivity contribution in [2.24, 2.45) is 12.5 Å². The summed E-state index contributed by atoms with van der Waals surface area (Å²) >= 11 is 0. The summed E-state index contributed by atoms with van der Waals surface area (Å²) in [4.78, 5) is 0. The number of nitrogens with zero attached hydrogens (tertiary/aromatic N) is 3. The molecule has 1 N–H and O–H groups in total. The van der Waals surface area contributed by atoms with Crippen molar-refractivity contribution < 1.29 is 4.21 Å². The predicted molar refractivity (Wildman–Crippen MR) is 81.9 cm³/mol. The van der Waals surface area contributed by atoms with E-state index in [1.54, 1.807) is 4.68 Å². The molecule has 2 aliphatic heterocycles. The molecule has 6 heteroatoms. The Bertz CT molecular complexity index is 685. The summed E-state index contributed by atoms with van der Waals surface area (Å²) in [6.45, 7) is 3.94. The highest BCUT2D eigenvalue weighted by Gasteiger charge is 2.49. The summed E-state index contributed by atoms with van der Waals surface area (Å²) in [6, 6.07) is 11.9. The van der Waals surface area contributed by atoms with E-state index in [9.17, 15) is 4.21 Å². The van der Waals surface area contributed by atoms with Gasteiger partial charge >= 0.3 is 0 Å². The van der Waals surface area contributed by atoms with Gasteiger partial charge in [-0.15, -0.1) is 0 Å². The van der Waals surface area contributed by atoms with Crippen LogP contribution in [0.25, 0.3) is 11.3 Å². The van der Waals surface area contributed by atoms with E-state index in [4.69, 9.17) is 0 Å². The molecular weight excluding hydrogens is 284 g/mol. The van der Waals surface area contributed by atoms with Gasteiger partial charge in [0.15, 0.2) is 0 Å². The van der Waals surface area contributed by atoms with E-state index in [2.05, 4.69) is 10.4 Å². The van der Waals surface area contributed by atoms with Gasteiger partial charge in [-0.2, -0.15) is 5.10 Å². The number of rotatable bonds is 3. The maximum Gasteiger partial charge on any atom is 0.146 e. The molecule has 4 rings (SSSR count). The number of aryl methyl sites for hydroxylation is 1. The molecule has 1 unspecified atom stereocenters. The molecule has 5 nitrogen and oxygen atoms in total. The van der Waals surface area contributed by atoms with Gasteiger partial charge in [0.1, 0.15) is 16.0 Å². The largest absolute Gasteiger partial charge is 0.315 e. The molecule has 2 aromatic rings. The monoisotopic (exact) mass is 302 g/mol. The van der Waals surface area contributed by atoms with Gasteiger partial charge in [-0.3, -0.25) is 4.68 Å². The summed E-state index contributed by atoms with van der Waals surface area (Å²) in [5, 5.41) is 8.57. The van der Waals surface area contributed by atoms with E-state index in [1.807, 2.05) is 47.8 Å². The van der Waals surface area contributed by atoms with Gasteiger partial charge in [0.2, 0.25) is 0 Å². The highest BCUT2D eigenvalue weighted by molar-refractivity contribution is 7.82. The van der Waals surface area contributed by atoms with E-state index in [0.717, 1.165) is 42.5 Å². The Morgan fingerprint density at radius 2 is 1.95 bits per heavy atom. The van der Waals surface area contributed by atoms with Crippen LogP contribution in [0.2, 0.25) is 0 Å². The smallest absolute Gasteiger partial charge is 0.146 e. The summed E-state index contributed by atoms with van der Waals surface area (Å²) in [5.74, 6) is 0. The molecule has 3 heterocycles. The quantitative estimate of drug-likeness (QED) is 0.921. The van der Waals surface area contributed by atoms with Crippen molar-refractivity contribution in [2.45, 2.75) is 5.03 Å². The van der Waals surface area contributed by atoms with Crippen molar-refractivity contribution in [3.05, 3.63) is 36.4 Å². The molecule has 1 aromatic heterocycles. The topological polar surface area (TPSA) is 50.2 Å². The third kappa shape index (κ3) is 2.14. The zero-order valence-electron chi connectivity index (χ0n) is 12.0. The number of aromatic nitrogens is 2.